The van der Waals surface area contributed by atoms with Gasteiger partial charge in [0.1, 0.15) is 0 Å². The van der Waals surface area contributed by atoms with Crippen molar-refractivity contribution in [2.75, 3.05) is 13.8 Å². The van der Waals surface area contributed by atoms with Crippen LogP contribution in [0, 0.1) is 0 Å². The van der Waals surface area contributed by atoms with Crippen LogP contribution in [0.2, 0.25) is 0 Å². The zero-order valence-electron chi connectivity index (χ0n) is 12.4. The Bertz CT molecular complexity index is 658. The van der Waals surface area contributed by atoms with E-state index >= 15 is 0 Å². The Labute approximate surface area is 129 Å². The third-order valence-electron chi connectivity index (χ3n) is 3.28. The summed E-state index contributed by atoms with van der Waals surface area (Å²) in [5.74, 6) is 2.31. The average Bonchev–Trinajstić information content (AvgIpc) is 3.03. The summed E-state index contributed by atoms with van der Waals surface area (Å²) in [5.41, 5.74) is 2.07. The molecule has 6 nitrogen and oxygen atoms in total. The summed E-state index contributed by atoms with van der Waals surface area (Å²) in [6.45, 7) is 1.57. The SMILES string of the molecule is CN=C(NCc1ccc2c(c1)OCO2)NCc1ccccn1. The number of hydrogen-bond donors (Lipinski definition) is 2. The Morgan fingerprint density at radius 3 is 2.82 bits per heavy atom. The smallest absolute Gasteiger partial charge is 0.231 e. The highest BCUT2D eigenvalue weighted by molar-refractivity contribution is 5.79. The van der Waals surface area contributed by atoms with Gasteiger partial charge in [0.15, 0.2) is 17.5 Å². The number of hydrogen-bond acceptors (Lipinski definition) is 4. The lowest BCUT2D eigenvalue weighted by Crippen LogP contribution is -2.36. The molecular weight excluding hydrogens is 280 g/mol. The number of rotatable bonds is 4. The molecule has 22 heavy (non-hydrogen) atoms. The van der Waals surface area contributed by atoms with Crippen molar-refractivity contribution >= 4 is 5.96 Å². The van der Waals surface area contributed by atoms with E-state index in [-0.39, 0.29) is 0 Å². The minimum absolute atomic E-state index is 0.291. The quantitative estimate of drug-likeness (QED) is 0.664. The molecule has 0 unspecified atom stereocenters. The van der Waals surface area contributed by atoms with Crippen molar-refractivity contribution in [2.24, 2.45) is 4.99 Å². The van der Waals surface area contributed by atoms with Crippen LogP contribution in [-0.2, 0) is 13.1 Å². The normalized spacial score (nSPS) is 13.0. The second-order valence-electron chi connectivity index (χ2n) is 4.79. The molecule has 0 atom stereocenters. The summed E-state index contributed by atoms with van der Waals surface area (Å²) in [4.78, 5) is 8.47. The molecule has 1 aromatic carbocycles. The number of benzene rings is 1. The van der Waals surface area contributed by atoms with E-state index in [0.717, 1.165) is 28.7 Å². The maximum Gasteiger partial charge on any atom is 0.231 e. The monoisotopic (exact) mass is 298 g/mol. The first-order chi connectivity index (χ1) is 10.8. The molecule has 114 valence electrons. The van der Waals surface area contributed by atoms with Gasteiger partial charge >= 0.3 is 0 Å². The summed E-state index contributed by atoms with van der Waals surface area (Å²) in [6, 6.07) is 11.7. The van der Waals surface area contributed by atoms with E-state index < -0.39 is 0 Å². The third-order valence-corrected chi connectivity index (χ3v) is 3.28. The summed E-state index contributed by atoms with van der Waals surface area (Å²) in [6.07, 6.45) is 1.78. The maximum atomic E-state index is 5.37. The van der Waals surface area contributed by atoms with Crippen LogP contribution in [0.1, 0.15) is 11.3 Å². The second-order valence-corrected chi connectivity index (χ2v) is 4.79. The zero-order chi connectivity index (χ0) is 15.2. The van der Waals surface area contributed by atoms with E-state index in [4.69, 9.17) is 9.47 Å². The topological polar surface area (TPSA) is 67.8 Å². The first-order valence-electron chi connectivity index (χ1n) is 7.08. The predicted octanol–water partition coefficient (Wildman–Crippen LogP) is 1.68. The van der Waals surface area contributed by atoms with Gasteiger partial charge in [0.05, 0.1) is 12.2 Å². The van der Waals surface area contributed by atoms with Crippen molar-refractivity contribution in [2.45, 2.75) is 13.1 Å². The molecule has 1 aliphatic rings. The van der Waals surface area contributed by atoms with Crippen molar-refractivity contribution in [3.63, 3.8) is 0 Å². The number of pyridine rings is 1. The Balaban J connectivity index is 1.53. The summed E-state index contributed by atoms with van der Waals surface area (Å²) >= 11 is 0. The van der Waals surface area contributed by atoms with Crippen molar-refractivity contribution < 1.29 is 9.47 Å². The summed E-state index contributed by atoms with van der Waals surface area (Å²) < 4.78 is 10.7. The third kappa shape index (κ3) is 3.46. The van der Waals surface area contributed by atoms with Gasteiger partial charge in [0, 0.05) is 19.8 Å². The van der Waals surface area contributed by atoms with Gasteiger partial charge in [-0.3, -0.25) is 9.98 Å². The molecule has 0 fully saturated rings. The van der Waals surface area contributed by atoms with E-state index in [1.54, 1.807) is 13.2 Å². The average molecular weight is 298 g/mol. The fraction of sp³-hybridized carbons (Fsp3) is 0.250. The van der Waals surface area contributed by atoms with E-state index in [9.17, 15) is 0 Å². The number of nitrogens with one attached hydrogen (secondary N) is 2. The number of fused-ring (bicyclic) bond motifs is 1. The first-order valence-corrected chi connectivity index (χ1v) is 7.08. The molecule has 0 saturated heterocycles. The van der Waals surface area contributed by atoms with Gasteiger partial charge in [-0.1, -0.05) is 12.1 Å². The fourth-order valence-electron chi connectivity index (χ4n) is 2.13. The lowest BCUT2D eigenvalue weighted by molar-refractivity contribution is 0.174. The van der Waals surface area contributed by atoms with Crippen LogP contribution in [0.15, 0.2) is 47.6 Å². The van der Waals surface area contributed by atoms with Gasteiger partial charge in [0.25, 0.3) is 0 Å². The lowest BCUT2D eigenvalue weighted by Gasteiger charge is -2.12. The second kappa shape index (κ2) is 6.80. The van der Waals surface area contributed by atoms with E-state index in [2.05, 4.69) is 20.6 Å². The van der Waals surface area contributed by atoms with Crippen molar-refractivity contribution in [1.29, 1.82) is 0 Å². The van der Waals surface area contributed by atoms with Crippen LogP contribution >= 0.6 is 0 Å². The number of nitrogens with zero attached hydrogens (tertiary/aromatic N) is 2. The highest BCUT2D eigenvalue weighted by Gasteiger charge is 2.13. The molecule has 0 amide bonds. The molecule has 2 heterocycles. The van der Waals surface area contributed by atoms with Gasteiger partial charge in [-0.05, 0) is 29.8 Å². The zero-order valence-corrected chi connectivity index (χ0v) is 12.4. The van der Waals surface area contributed by atoms with Crippen LogP contribution in [0.25, 0.3) is 0 Å². The number of aliphatic imine (C=N–C) groups is 1. The van der Waals surface area contributed by atoms with E-state index in [1.807, 2.05) is 36.4 Å². The van der Waals surface area contributed by atoms with E-state index in [0.29, 0.717) is 19.9 Å². The lowest BCUT2D eigenvalue weighted by atomic mass is 10.2. The fourth-order valence-corrected chi connectivity index (χ4v) is 2.13. The molecule has 2 aromatic rings. The molecule has 0 radical (unpaired) electrons. The van der Waals surface area contributed by atoms with E-state index in [1.165, 1.54) is 0 Å². The highest BCUT2D eigenvalue weighted by Crippen LogP contribution is 2.32. The largest absolute Gasteiger partial charge is 0.454 e. The van der Waals surface area contributed by atoms with Crippen LogP contribution in [-0.4, -0.2) is 24.8 Å². The van der Waals surface area contributed by atoms with Gasteiger partial charge in [-0.15, -0.1) is 0 Å². The first kappa shape index (κ1) is 14.2. The highest BCUT2D eigenvalue weighted by atomic mass is 16.7. The van der Waals surface area contributed by atoms with Crippen molar-refractivity contribution in [3.8, 4) is 11.5 Å². The molecule has 0 bridgehead atoms. The van der Waals surface area contributed by atoms with Crippen LogP contribution in [0.5, 0.6) is 11.5 Å². The molecule has 3 rings (SSSR count). The molecule has 1 aliphatic heterocycles. The van der Waals surface area contributed by atoms with Gasteiger partial charge in [-0.25, -0.2) is 0 Å². The molecule has 6 heteroatoms. The Morgan fingerprint density at radius 1 is 1.14 bits per heavy atom. The number of aromatic nitrogens is 1. The molecule has 0 spiro atoms. The molecule has 2 N–H and O–H groups in total. The van der Waals surface area contributed by atoms with Gasteiger partial charge in [0.2, 0.25) is 6.79 Å². The molecule has 0 saturated carbocycles. The van der Waals surface area contributed by atoms with Crippen LogP contribution < -0.4 is 20.1 Å². The number of ether oxygens (including phenoxy) is 2. The minimum Gasteiger partial charge on any atom is -0.454 e. The standard InChI is InChI=1S/C16H18N4O2/c1-17-16(20-10-13-4-2-3-7-18-13)19-9-12-5-6-14-15(8-12)22-11-21-14/h2-8H,9-11H2,1H3,(H2,17,19,20). The predicted molar refractivity (Wildman–Crippen MR) is 83.8 cm³/mol. The van der Waals surface area contributed by atoms with Crippen molar-refractivity contribution in [3.05, 3.63) is 53.9 Å². The molecule has 0 aliphatic carbocycles. The number of guanidine groups is 1. The summed E-state index contributed by atoms with van der Waals surface area (Å²) in [7, 11) is 1.74. The minimum atomic E-state index is 0.291. The van der Waals surface area contributed by atoms with Crippen LogP contribution in [0.4, 0.5) is 0 Å². The Hall–Kier alpha value is -2.76. The Kier molecular flexibility index (Phi) is 4.38. The van der Waals surface area contributed by atoms with Gasteiger partial charge in [-0.2, -0.15) is 0 Å². The van der Waals surface area contributed by atoms with Crippen LogP contribution in [0.3, 0.4) is 0 Å². The Morgan fingerprint density at radius 2 is 2.00 bits per heavy atom. The van der Waals surface area contributed by atoms with Gasteiger partial charge < -0.3 is 20.1 Å². The summed E-state index contributed by atoms with van der Waals surface area (Å²) in [5, 5.41) is 6.49. The molecule has 1 aromatic heterocycles. The maximum absolute atomic E-state index is 5.37. The molecular formula is C16H18N4O2. The van der Waals surface area contributed by atoms with Crippen molar-refractivity contribution in [1.82, 2.24) is 15.6 Å².